The lowest BCUT2D eigenvalue weighted by Crippen LogP contribution is -2.65. The predicted octanol–water partition coefficient (Wildman–Crippen LogP) is -1.21. The molecule has 0 spiro atoms. The van der Waals surface area contributed by atoms with E-state index in [1.807, 2.05) is 0 Å². The van der Waals surface area contributed by atoms with Crippen LogP contribution in [0.1, 0.15) is 5.56 Å². The van der Waals surface area contributed by atoms with Crippen molar-refractivity contribution in [2.75, 3.05) is 7.11 Å². The van der Waals surface area contributed by atoms with E-state index in [9.17, 15) is 30.3 Å². The maximum Gasteiger partial charge on any atom is 0.331 e. The topological polar surface area (TPSA) is 137 Å². The van der Waals surface area contributed by atoms with Crippen LogP contribution in [0.3, 0.4) is 0 Å². The van der Waals surface area contributed by atoms with Crippen LogP contribution in [0.25, 0.3) is 6.08 Å². The Morgan fingerprint density at radius 1 is 0.958 bits per heavy atom. The van der Waals surface area contributed by atoms with Crippen molar-refractivity contribution < 1.29 is 39.8 Å². The average Bonchev–Trinajstić information content (AvgIpc) is 2.57. The van der Waals surface area contributed by atoms with Gasteiger partial charge in [0.2, 0.25) is 0 Å². The fraction of sp³-hybridized carbons (Fsp3) is 0.438. The van der Waals surface area contributed by atoms with Crippen molar-refractivity contribution in [3.05, 3.63) is 35.9 Å². The van der Waals surface area contributed by atoms with Crippen molar-refractivity contribution >= 4 is 12.0 Å². The average molecular weight is 340 g/mol. The number of phenols is 1. The fourth-order valence-corrected chi connectivity index (χ4v) is 2.51. The second kappa shape index (κ2) is 7.73. The number of benzene rings is 1. The first kappa shape index (κ1) is 18.4. The lowest BCUT2D eigenvalue weighted by Gasteiger charge is -2.42. The molecule has 8 nitrogen and oxygen atoms in total. The minimum atomic E-state index is -1.68. The number of aromatic hydroxyl groups is 1. The van der Waals surface area contributed by atoms with Gasteiger partial charge < -0.3 is 35.0 Å². The van der Waals surface area contributed by atoms with Crippen molar-refractivity contribution in [2.24, 2.45) is 0 Å². The van der Waals surface area contributed by atoms with Gasteiger partial charge in [-0.2, -0.15) is 0 Å². The Morgan fingerprint density at radius 3 is 2.04 bits per heavy atom. The van der Waals surface area contributed by atoms with E-state index in [1.165, 1.54) is 25.3 Å². The number of carbonyl (C=O) groups is 1. The van der Waals surface area contributed by atoms with Crippen molar-refractivity contribution in [3.63, 3.8) is 0 Å². The third-order valence-corrected chi connectivity index (χ3v) is 3.88. The first-order valence-electron chi connectivity index (χ1n) is 7.28. The van der Waals surface area contributed by atoms with Crippen LogP contribution in [0.4, 0.5) is 0 Å². The van der Waals surface area contributed by atoms with Gasteiger partial charge in [-0.15, -0.1) is 0 Å². The normalized spacial score (nSPS) is 33.5. The van der Waals surface area contributed by atoms with E-state index in [-0.39, 0.29) is 5.75 Å². The van der Waals surface area contributed by atoms with Gasteiger partial charge in [0.15, 0.2) is 6.10 Å². The molecule has 0 amide bonds. The molecule has 1 aliphatic carbocycles. The van der Waals surface area contributed by atoms with Crippen LogP contribution in [0.15, 0.2) is 30.3 Å². The van der Waals surface area contributed by atoms with Crippen LogP contribution >= 0.6 is 0 Å². The number of phenolic OH excluding ortho intramolecular Hbond substituents is 1. The molecule has 1 aliphatic rings. The number of methoxy groups -OCH3 is 1. The number of esters is 1. The fourth-order valence-electron chi connectivity index (χ4n) is 2.51. The summed E-state index contributed by atoms with van der Waals surface area (Å²) < 4.78 is 10.0. The molecule has 0 aromatic heterocycles. The molecule has 0 aliphatic heterocycles. The molecule has 0 radical (unpaired) electrons. The number of rotatable bonds is 4. The summed E-state index contributed by atoms with van der Waals surface area (Å²) in [5.41, 5.74) is 0.632. The van der Waals surface area contributed by atoms with E-state index in [4.69, 9.17) is 9.47 Å². The summed E-state index contributed by atoms with van der Waals surface area (Å²) in [6, 6.07) is 6.06. The van der Waals surface area contributed by atoms with Crippen molar-refractivity contribution in [2.45, 2.75) is 36.6 Å². The Kier molecular flexibility index (Phi) is 5.92. The van der Waals surface area contributed by atoms with E-state index in [0.717, 1.165) is 6.08 Å². The Bertz CT molecular complexity index is 584. The van der Waals surface area contributed by atoms with Gasteiger partial charge in [0.1, 0.15) is 36.3 Å². The third kappa shape index (κ3) is 3.92. The molecule has 6 atom stereocenters. The highest BCUT2D eigenvalue weighted by atomic mass is 16.6. The Morgan fingerprint density at radius 2 is 1.50 bits per heavy atom. The SMILES string of the molecule is CO[C@H]1[C@H](O)[C@@H](O)[C@H](O)[C@@H](O)[C@H]1OC(=O)/C=C/c1ccc(O)cc1. The molecule has 0 unspecified atom stereocenters. The Balaban J connectivity index is 2.06. The maximum absolute atomic E-state index is 11.9. The summed E-state index contributed by atoms with van der Waals surface area (Å²) in [5.74, 6) is -0.741. The number of aliphatic hydroxyl groups excluding tert-OH is 4. The Labute approximate surface area is 138 Å². The molecular formula is C16H20O8. The van der Waals surface area contributed by atoms with Gasteiger partial charge in [-0.3, -0.25) is 0 Å². The van der Waals surface area contributed by atoms with Crippen LogP contribution in [-0.2, 0) is 14.3 Å². The minimum Gasteiger partial charge on any atom is -0.508 e. The first-order valence-corrected chi connectivity index (χ1v) is 7.28. The lowest BCUT2D eigenvalue weighted by molar-refractivity contribution is -0.237. The van der Waals surface area contributed by atoms with Crippen LogP contribution < -0.4 is 0 Å². The number of hydrogen-bond donors (Lipinski definition) is 5. The van der Waals surface area contributed by atoms with E-state index in [0.29, 0.717) is 5.56 Å². The number of aliphatic hydroxyl groups is 4. The summed E-state index contributed by atoms with van der Waals surface area (Å²) in [6.07, 6.45) is -6.44. The quantitative estimate of drug-likeness (QED) is 0.340. The van der Waals surface area contributed by atoms with Gasteiger partial charge in [-0.25, -0.2) is 4.79 Å². The third-order valence-electron chi connectivity index (χ3n) is 3.88. The highest BCUT2D eigenvalue weighted by Crippen LogP contribution is 2.26. The maximum atomic E-state index is 11.9. The summed E-state index contributed by atoms with van der Waals surface area (Å²) in [7, 11) is 1.22. The molecule has 2 rings (SSSR count). The number of ether oxygens (including phenoxy) is 2. The standard InChI is InChI=1S/C16H20O8/c1-23-15-13(21)11(19)12(20)14(22)16(15)24-10(18)7-4-8-2-5-9(17)6-3-8/h2-7,11-17,19-22H,1H3/b7-4+/t11-,12-,13+,14+,15-,16+/m0/s1. The zero-order valence-corrected chi connectivity index (χ0v) is 12.9. The van der Waals surface area contributed by atoms with Gasteiger partial charge >= 0.3 is 5.97 Å². The monoisotopic (exact) mass is 340 g/mol. The summed E-state index contributed by atoms with van der Waals surface area (Å²) in [6.45, 7) is 0. The van der Waals surface area contributed by atoms with Gasteiger partial charge in [0, 0.05) is 13.2 Å². The molecule has 0 heterocycles. The highest BCUT2D eigenvalue weighted by molar-refractivity contribution is 5.87. The molecule has 132 valence electrons. The van der Waals surface area contributed by atoms with Crippen LogP contribution in [0.5, 0.6) is 5.75 Å². The van der Waals surface area contributed by atoms with Gasteiger partial charge in [0.05, 0.1) is 0 Å². The molecule has 1 saturated carbocycles. The second-order valence-corrected chi connectivity index (χ2v) is 5.49. The van der Waals surface area contributed by atoms with Crippen LogP contribution in [0, 0.1) is 0 Å². The molecule has 24 heavy (non-hydrogen) atoms. The molecular weight excluding hydrogens is 320 g/mol. The van der Waals surface area contributed by atoms with Crippen molar-refractivity contribution in [1.29, 1.82) is 0 Å². The molecule has 1 aromatic carbocycles. The second-order valence-electron chi connectivity index (χ2n) is 5.49. The van der Waals surface area contributed by atoms with Crippen LogP contribution in [-0.4, -0.2) is 75.2 Å². The lowest BCUT2D eigenvalue weighted by atomic mass is 9.84. The highest BCUT2D eigenvalue weighted by Gasteiger charge is 2.51. The number of carbonyl (C=O) groups excluding carboxylic acids is 1. The van der Waals surface area contributed by atoms with Gasteiger partial charge in [-0.05, 0) is 23.8 Å². The smallest absolute Gasteiger partial charge is 0.331 e. The van der Waals surface area contributed by atoms with Crippen molar-refractivity contribution in [1.82, 2.24) is 0 Å². The molecule has 1 aromatic rings. The molecule has 5 N–H and O–H groups in total. The predicted molar refractivity (Wildman–Crippen MR) is 81.8 cm³/mol. The largest absolute Gasteiger partial charge is 0.508 e. The van der Waals surface area contributed by atoms with Crippen LogP contribution in [0.2, 0.25) is 0 Å². The minimum absolute atomic E-state index is 0.0875. The zero-order chi connectivity index (χ0) is 17.9. The molecule has 8 heteroatoms. The molecule has 1 fully saturated rings. The Hall–Kier alpha value is -1.97. The summed E-state index contributed by atoms with van der Waals surface area (Å²) in [5, 5.41) is 48.3. The van der Waals surface area contributed by atoms with Gasteiger partial charge in [0.25, 0.3) is 0 Å². The van der Waals surface area contributed by atoms with E-state index in [2.05, 4.69) is 0 Å². The summed E-state index contributed by atoms with van der Waals surface area (Å²) in [4.78, 5) is 11.9. The van der Waals surface area contributed by atoms with E-state index < -0.39 is 42.6 Å². The van der Waals surface area contributed by atoms with E-state index >= 15 is 0 Å². The molecule has 0 bridgehead atoms. The summed E-state index contributed by atoms with van der Waals surface area (Å²) >= 11 is 0. The zero-order valence-electron chi connectivity index (χ0n) is 12.9. The van der Waals surface area contributed by atoms with Crippen molar-refractivity contribution in [3.8, 4) is 5.75 Å². The van der Waals surface area contributed by atoms with E-state index in [1.54, 1.807) is 12.1 Å². The molecule has 0 saturated heterocycles. The van der Waals surface area contributed by atoms with Gasteiger partial charge in [-0.1, -0.05) is 12.1 Å². The first-order chi connectivity index (χ1) is 11.3. The number of hydrogen-bond acceptors (Lipinski definition) is 8.